The summed E-state index contributed by atoms with van der Waals surface area (Å²) >= 11 is 0. The lowest BCUT2D eigenvalue weighted by Gasteiger charge is -2.42. The van der Waals surface area contributed by atoms with Gasteiger partial charge in [-0.25, -0.2) is 0 Å². The smallest absolute Gasteiger partial charge is 0.306 e. The summed E-state index contributed by atoms with van der Waals surface area (Å²) in [6.45, 7) is 2.43. The lowest BCUT2D eigenvalue weighted by Crippen LogP contribution is -2.61. The molecule has 4 unspecified atom stereocenters. The van der Waals surface area contributed by atoms with Crippen molar-refractivity contribution >= 4 is 11.9 Å². The van der Waals surface area contributed by atoms with Crippen LogP contribution in [0, 0.1) is 0 Å². The van der Waals surface area contributed by atoms with E-state index in [1.54, 1.807) is 0 Å². The van der Waals surface area contributed by atoms with E-state index >= 15 is 0 Å². The monoisotopic (exact) mass is 941 g/mol. The van der Waals surface area contributed by atoms with Crippen LogP contribution in [0.1, 0.15) is 168 Å². The Morgan fingerprint density at radius 1 is 0.500 bits per heavy atom. The number of esters is 2. The third-order valence-electron chi connectivity index (χ3n) is 11.8. The number of aliphatic hydroxyl groups excluding tert-OH is 7. The molecule has 66 heavy (non-hydrogen) atoms. The highest BCUT2D eigenvalue weighted by atomic mass is 16.7. The molecule has 0 radical (unpaired) electrons. The number of aliphatic hydroxyl groups is 7. The van der Waals surface area contributed by atoms with Crippen LogP contribution in [0.4, 0.5) is 0 Å². The molecule has 0 aromatic carbocycles. The zero-order valence-electron chi connectivity index (χ0n) is 40.2. The second-order valence-corrected chi connectivity index (χ2v) is 17.6. The van der Waals surface area contributed by atoms with E-state index in [-0.39, 0.29) is 26.1 Å². The summed E-state index contributed by atoms with van der Waals surface area (Å²) in [5, 5.41) is 72.0. The van der Waals surface area contributed by atoms with Gasteiger partial charge in [-0.1, -0.05) is 133 Å². The molecule has 382 valence electrons. The number of hydrogen-bond donors (Lipinski definition) is 7. The summed E-state index contributed by atoms with van der Waals surface area (Å²) in [6.07, 6.45) is 24.2. The summed E-state index contributed by atoms with van der Waals surface area (Å²) in [6, 6.07) is 0. The minimum Gasteiger partial charge on any atom is -0.462 e. The van der Waals surface area contributed by atoms with E-state index in [4.69, 9.17) is 28.4 Å². The first kappa shape index (κ1) is 59.6. The quantitative estimate of drug-likeness (QED) is 0.0194. The van der Waals surface area contributed by atoms with E-state index in [0.717, 1.165) is 83.5 Å². The molecule has 0 aromatic heterocycles. The van der Waals surface area contributed by atoms with Crippen LogP contribution >= 0.6 is 0 Å². The molecule has 15 heteroatoms. The Balaban J connectivity index is 1.83. The van der Waals surface area contributed by atoms with Gasteiger partial charge in [0.15, 0.2) is 18.7 Å². The van der Waals surface area contributed by atoms with Crippen LogP contribution in [0.15, 0.2) is 48.6 Å². The predicted octanol–water partition coefficient (Wildman–Crippen LogP) is 6.71. The van der Waals surface area contributed by atoms with Crippen LogP contribution < -0.4 is 0 Å². The Kier molecular flexibility index (Phi) is 34.6. The molecular formula is C51H88O15. The second kappa shape index (κ2) is 38.3. The molecule has 0 saturated carbocycles. The maximum Gasteiger partial charge on any atom is 0.306 e. The largest absolute Gasteiger partial charge is 0.462 e. The maximum absolute atomic E-state index is 13.0. The number of carbonyl (C=O) groups excluding carboxylic acids is 2. The topological polar surface area (TPSA) is 231 Å². The van der Waals surface area contributed by atoms with E-state index in [0.29, 0.717) is 12.8 Å². The molecule has 7 N–H and O–H groups in total. The number of hydrogen-bond acceptors (Lipinski definition) is 15. The molecule has 2 saturated heterocycles. The van der Waals surface area contributed by atoms with Gasteiger partial charge in [0.1, 0.15) is 55.4 Å². The van der Waals surface area contributed by atoms with Gasteiger partial charge in [0.25, 0.3) is 0 Å². The van der Waals surface area contributed by atoms with E-state index in [1.165, 1.54) is 44.9 Å². The summed E-state index contributed by atoms with van der Waals surface area (Å²) in [7, 11) is 0. The molecule has 0 aliphatic carbocycles. The molecular weight excluding hydrogens is 853 g/mol. The summed E-state index contributed by atoms with van der Waals surface area (Å²) in [5.74, 6) is -0.952. The van der Waals surface area contributed by atoms with Crippen LogP contribution in [0.2, 0.25) is 0 Å². The van der Waals surface area contributed by atoms with Crippen LogP contribution in [-0.2, 0) is 38.0 Å². The van der Waals surface area contributed by atoms with Crippen molar-refractivity contribution in [1.82, 2.24) is 0 Å². The van der Waals surface area contributed by atoms with Gasteiger partial charge in [0.2, 0.25) is 0 Å². The number of rotatable bonds is 38. The van der Waals surface area contributed by atoms with Crippen LogP contribution in [0.3, 0.4) is 0 Å². The van der Waals surface area contributed by atoms with E-state index < -0.39 is 92.7 Å². The van der Waals surface area contributed by atoms with Crippen molar-refractivity contribution in [1.29, 1.82) is 0 Å². The first-order valence-electron chi connectivity index (χ1n) is 25.2. The molecule has 2 aliphatic rings. The molecule has 2 fully saturated rings. The van der Waals surface area contributed by atoms with E-state index in [2.05, 4.69) is 62.5 Å². The zero-order valence-corrected chi connectivity index (χ0v) is 40.2. The summed E-state index contributed by atoms with van der Waals surface area (Å²) in [5.41, 5.74) is 0. The standard InChI is InChI=1S/C51H88O15/c1-3-5-7-9-11-13-15-17-19-21-23-25-27-29-31-33-42(53)61-36-39(64-43(54)34-32-30-28-26-24-22-20-18-16-14-12-10-8-6-4-2)37-62-50-49(60)47(58)45(56)41(66-50)38-63-51-48(59)46(57)44(55)40(35-52)65-51/h5,7,11,13-14,16-17,19,39-41,44-52,55-60H,3-4,6,8-10,12,15,18,20-38H2,1-2H3/b7-5+,13-11+,16-14+,19-17+/t39-,40-,41-,44+,45+,46?,47?,48?,49?,50-,51-/m1/s1. The van der Waals surface area contributed by atoms with Gasteiger partial charge in [0, 0.05) is 12.8 Å². The lowest BCUT2D eigenvalue weighted by molar-refractivity contribution is -0.332. The predicted molar refractivity (Wildman–Crippen MR) is 252 cm³/mol. The number of ether oxygens (including phenoxy) is 6. The number of allylic oxidation sites excluding steroid dienone is 8. The second-order valence-electron chi connectivity index (χ2n) is 17.6. The average molecular weight is 941 g/mol. The van der Waals surface area contributed by atoms with Gasteiger partial charge in [0.05, 0.1) is 19.8 Å². The van der Waals surface area contributed by atoms with Gasteiger partial charge in [-0.3, -0.25) is 9.59 Å². The van der Waals surface area contributed by atoms with Crippen molar-refractivity contribution in [3.63, 3.8) is 0 Å². The molecule has 0 spiro atoms. The maximum atomic E-state index is 13.0. The van der Waals surface area contributed by atoms with Crippen molar-refractivity contribution < 1.29 is 73.8 Å². The number of carbonyl (C=O) groups is 2. The van der Waals surface area contributed by atoms with Crippen molar-refractivity contribution in [2.24, 2.45) is 0 Å². The highest BCUT2D eigenvalue weighted by Crippen LogP contribution is 2.26. The van der Waals surface area contributed by atoms with E-state index in [9.17, 15) is 45.3 Å². The first-order chi connectivity index (χ1) is 32.0. The zero-order chi connectivity index (χ0) is 48.2. The van der Waals surface area contributed by atoms with Crippen molar-refractivity contribution in [2.75, 3.05) is 26.4 Å². The SMILES string of the molecule is CC/C=C/C/C=C/C/C=C/CCCCCCCC(=O)OC[C@H](CO[C@@H]1O[C@H](CO[C@@H]2O[C@H](CO)[C@H](O)C(O)C2O)[C@H](O)C(O)C1O)OC(=O)CCCCCCCCC/C=C/CCCCCC. The van der Waals surface area contributed by atoms with Gasteiger partial charge in [-0.2, -0.15) is 0 Å². The third-order valence-corrected chi connectivity index (χ3v) is 11.8. The molecule has 0 amide bonds. The fraction of sp³-hybridized carbons (Fsp3) is 0.804. The molecule has 15 nitrogen and oxygen atoms in total. The van der Waals surface area contributed by atoms with Crippen molar-refractivity contribution in [3.05, 3.63) is 48.6 Å². The Hall–Kier alpha value is -2.54. The van der Waals surface area contributed by atoms with E-state index in [1.807, 2.05) is 0 Å². The lowest BCUT2D eigenvalue weighted by atomic mass is 9.98. The Bertz CT molecular complexity index is 1340. The Labute approximate surface area is 395 Å². The van der Waals surface area contributed by atoms with Gasteiger partial charge < -0.3 is 64.2 Å². The minimum absolute atomic E-state index is 0.155. The normalized spacial score (nSPS) is 26.6. The van der Waals surface area contributed by atoms with Crippen LogP contribution in [0.25, 0.3) is 0 Å². The van der Waals surface area contributed by atoms with Crippen molar-refractivity contribution in [3.8, 4) is 0 Å². The third kappa shape index (κ3) is 26.3. The fourth-order valence-corrected chi connectivity index (χ4v) is 7.64. The van der Waals surface area contributed by atoms with Crippen LogP contribution in [-0.4, -0.2) is 142 Å². The molecule has 2 rings (SSSR count). The van der Waals surface area contributed by atoms with Gasteiger partial charge in [-0.15, -0.1) is 0 Å². The van der Waals surface area contributed by atoms with Crippen molar-refractivity contribution in [2.45, 2.75) is 235 Å². The number of unbranched alkanes of at least 4 members (excludes halogenated alkanes) is 16. The minimum atomic E-state index is -1.77. The van der Waals surface area contributed by atoms with Gasteiger partial charge in [-0.05, 0) is 70.6 Å². The highest BCUT2D eigenvalue weighted by Gasteiger charge is 2.47. The highest BCUT2D eigenvalue weighted by molar-refractivity contribution is 5.70. The summed E-state index contributed by atoms with van der Waals surface area (Å²) in [4.78, 5) is 25.7. The summed E-state index contributed by atoms with van der Waals surface area (Å²) < 4.78 is 33.5. The molecule has 0 bridgehead atoms. The Morgan fingerprint density at radius 2 is 0.955 bits per heavy atom. The molecule has 2 aliphatic heterocycles. The van der Waals surface area contributed by atoms with Gasteiger partial charge >= 0.3 is 11.9 Å². The molecule has 2 heterocycles. The van der Waals surface area contributed by atoms with Crippen LogP contribution in [0.5, 0.6) is 0 Å². The first-order valence-corrected chi connectivity index (χ1v) is 25.2. The Morgan fingerprint density at radius 3 is 1.52 bits per heavy atom. The molecule has 0 aromatic rings. The average Bonchev–Trinajstić information content (AvgIpc) is 3.31. The molecule has 11 atom stereocenters. The fourth-order valence-electron chi connectivity index (χ4n) is 7.64.